The molecule has 1 saturated carbocycles. The van der Waals surface area contributed by atoms with Crippen LogP contribution < -0.4 is 16.2 Å². The van der Waals surface area contributed by atoms with Gasteiger partial charge in [-0.1, -0.05) is 41.4 Å². The maximum atomic E-state index is 14.1. The van der Waals surface area contributed by atoms with Crippen LogP contribution in [0.5, 0.6) is 11.6 Å². The van der Waals surface area contributed by atoms with Crippen LogP contribution in [0.15, 0.2) is 65.6 Å². The monoisotopic (exact) mass is 563 g/mol. The van der Waals surface area contributed by atoms with E-state index >= 15 is 0 Å². The molecule has 3 aromatic heterocycles. The quantitative estimate of drug-likeness (QED) is 0.269. The van der Waals surface area contributed by atoms with E-state index in [0.29, 0.717) is 43.7 Å². The average Bonchev–Trinajstić information content (AvgIpc) is 3.22. The van der Waals surface area contributed by atoms with Gasteiger partial charge < -0.3 is 15.6 Å². The van der Waals surface area contributed by atoms with E-state index in [1.807, 2.05) is 22.8 Å². The first-order valence-electron chi connectivity index (χ1n) is 12.9. The Balaban J connectivity index is 1.57. The van der Waals surface area contributed by atoms with Crippen molar-refractivity contribution in [3.63, 3.8) is 0 Å². The van der Waals surface area contributed by atoms with E-state index in [4.69, 9.17) is 43.6 Å². The Hall–Kier alpha value is -3.43. The first-order valence-corrected chi connectivity index (χ1v) is 13.6. The van der Waals surface area contributed by atoms with Gasteiger partial charge in [0, 0.05) is 18.3 Å². The third-order valence-electron chi connectivity index (χ3n) is 7.37. The van der Waals surface area contributed by atoms with Gasteiger partial charge in [-0.05, 0) is 73.2 Å². The summed E-state index contributed by atoms with van der Waals surface area (Å²) in [4.78, 5) is 23.7. The lowest BCUT2D eigenvalue weighted by Crippen LogP contribution is -2.33. The first-order chi connectivity index (χ1) is 18.9. The first kappa shape index (κ1) is 25.8. The van der Waals surface area contributed by atoms with E-state index < -0.39 is 0 Å². The standard InChI is InChI=1S/C29H27Cl2N5O3/c30-23-12-5-18(14-24(23)31)15-35-27-26(36(29(35)38)20-8-6-19(32)7-9-20)25-22(2-1-13-33-25)28(34-27)39-21-10-3-17(16-37)4-11-21/h1-5,10-14,19-20,37H,6-9,15-16,32H2. The van der Waals surface area contributed by atoms with Gasteiger partial charge in [-0.3, -0.25) is 14.1 Å². The number of nitrogens with two attached hydrogens (primary N) is 1. The summed E-state index contributed by atoms with van der Waals surface area (Å²) in [5, 5.41) is 11.0. The van der Waals surface area contributed by atoms with Crippen molar-refractivity contribution in [3.8, 4) is 11.6 Å². The Morgan fingerprint density at radius 3 is 2.46 bits per heavy atom. The number of halogens is 2. The van der Waals surface area contributed by atoms with Gasteiger partial charge >= 0.3 is 5.69 Å². The normalized spacial score (nSPS) is 17.6. The highest BCUT2D eigenvalue weighted by Crippen LogP contribution is 2.36. The summed E-state index contributed by atoms with van der Waals surface area (Å²) >= 11 is 12.4. The Kier molecular flexibility index (Phi) is 7.03. The molecule has 0 radical (unpaired) electrons. The molecule has 1 aliphatic rings. The molecule has 0 spiro atoms. The SMILES string of the molecule is NC1CCC(n2c(=O)n(Cc3ccc(Cl)c(Cl)c3)c3nc(Oc4ccc(CO)cc4)c4cccnc4c32)CC1. The molecule has 0 unspecified atom stereocenters. The number of pyridine rings is 2. The van der Waals surface area contributed by atoms with E-state index in [1.54, 1.807) is 47.2 Å². The lowest BCUT2D eigenvalue weighted by Gasteiger charge is -2.27. The van der Waals surface area contributed by atoms with Crippen LogP contribution in [0.25, 0.3) is 22.1 Å². The third-order valence-corrected chi connectivity index (χ3v) is 8.11. The number of fused-ring (bicyclic) bond motifs is 3. The zero-order valence-corrected chi connectivity index (χ0v) is 22.6. The maximum Gasteiger partial charge on any atom is 0.330 e. The molecule has 39 heavy (non-hydrogen) atoms. The highest BCUT2D eigenvalue weighted by molar-refractivity contribution is 6.42. The number of imidazole rings is 1. The molecule has 200 valence electrons. The van der Waals surface area contributed by atoms with Crippen molar-refractivity contribution >= 4 is 45.3 Å². The van der Waals surface area contributed by atoms with Gasteiger partial charge in [0.15, 0.2) is 5.65 Å². The van der Waals surface area contributed by atoms with Crippen molar-refractivity contribution < 1.29 is 9.84 Å². The van der Waals surface area contributed by atoms with Crippen molar-refractivity contribution in [2.24, 2.45) is 5.73 Å². The van der Waals surface area contributed by atoms with Crippen LogP contribution >= 0.6 is 23.2 Å². The van der Waals surface area contributed by atoms with Crippen molar-refractivity contribution in [1.82, 2.24) is 19.1 Å². The fourth-order valence-corrected chi connectivity index (χ4v) is 5.64. The van der Waals surface area contributed by atoms with Crippen LogP contribution in [-0.2, 0) is 13.2 Å². The molecule has 3 heterocycles. The zero-order chi connectivity index (χ0) is 27.1. The zero-order valence-electron chi connectivity index (χ0n) is 21.1. The average molecular weight is 564 g/mol. The highest BCUT2D eigenvalue weighted by atomic mass is 35.5. The van der Waals surface area contributed by atoms with Crippen LogP contribution in [0.3, 0.4) is 0 Å². The molecular formula is C29H27Cl2N5O3. The van der Waals surface area contributed by atoms with Gasteiger partial charge in [0.2, 0.25) is 5.88 Å². The fourth-order valence-electron chi connectivity index (χ4n) is 5.32. The molecule has 0 bridgehead atoms. The van der Waals surface area contributed by atoms with Gasteiger partial charge in [-0.15, -0.1) is 0 Å². The molecule has 3 N–H and O–H groups in total. The van der Waals surface area contributed by atoms with E-state index in [2.05, 4.69) is 0 Å². The number of ether oxygens (including phenoxy) is 1. The fraction of sp³-hybridized carbons (Fsp3) is 0.276. The van der Waals surface area contributed by atoms with Crippen molar-refractivity contribution in [2.75, 3.05) is 0 Å². The number of hydrogen-bond donors (Lipinski definition) is 2. The van der Waals surface area contributed by atoms with Crippen LogP contribution in [0.2, 0.25) is 10.0 Å². The summed E-state index contributed by atoms with van der Waals surface area (Å²) in [6.07, 6.45) is 5.01. The molecule has 0 aliphatic heterocycles. The van der Waals surface area contributed by atoms with Gasteiger partial charge in [0.25, 0.3) is 0 Å². The van der Waals surface area contributed by atoms with Crippen molar-refractivity contribution in [2.45, 2.75) is 50.9 Å². The predicted octanol–water partition coefficient (Wildman–Crippen LogP) is 5.83. The summed E-state index contributed by atoms with van der Waals surface area (Å²) in [5.41, 5.74) is 9.42. The number of aromatic nitrogens is 4. The lowest BCUT2D eigenvalue weighted by molar-refractivity contribution is 0.281. The van der Waals surface area contributed by atoms with E-state index in [1.165, 1.54) is 0 Å². The maximum absolute atomic E-state index is 14.1. The Bertz CT molecular complexity index is 1720. The van der Waals surface area contributed by atoms with Crippen LogP contribution in [0.4, 0.5) is 0 Å². The summed E-state index contributed by atoms with van der Waals surface area (Å²) in [5.74, 6) is 0.899. The molecule has 0 amide bonds. The largest absolute Gasteiger partial charge is 0.438 e. The van der Waals surface area contributed by atoms with Gasteiger partial charge in [-0.2, -0.15) is 4.98 Å². The molecule has 2 aromatic carbocycles. The molecule has 5 aromatic rings. The highest BCUT2D eigenvalue weighted by Gasteiger charge is 2.28. The van der Waals surface area contributed by atoms with Crippen LogP contribution in [-0.4, -0.2) is 30.3 Å². The molecule has 10 heteroatoms. The Morgan fingerprint density at radius 1 is 1.00 bits per heavy atom. The number of aliphatic hydroxyl groups is 1. The van der Waals surface area contributed by atoms with Gasteiger partial charge in [0.05, 0.1) is 28.6 Å². The lowest BCUT2D eigenvalue weighted by atomic mass is 9.91. The predicted molar refractivity (Wildman–Crippen MR) is 153 cm³/mol. The minimum absolute atomic E-state index is 0.0142. The smallest absolute Gasteiger partial charge is 0.330 e. The Labute approximate surface area is 234 Å². The van der Waals surface area contributed by atoms with Gasteiger partial charge in [-0.25, -0.2) is 4.79 Å². The molecular weight excluding hydrogens is 537 g/mol. The summed E-state index contributed by atoms with van der Waals surface area (Å²) in [6.45, 7) is 0.194. The summed E-state index contributed by atoms with van der Waals surface area (Å²) in [6, 6.07) is 16.3. The van der Waals surface area contributed by atoms with Crippen molar-refractivity contribution in [3.05, 3.63) is 92.5 Å². The summed E-state index contributed by atoms with van der Waals surface area (Å²) in [7, 11) is 0. The number of hydrogen-bond acceptors (Lipinski definition) is 6. The van der Waals surface area contributed by atoms with Gasteiger partial charge in [0.1, 0.15) is 16.8 Å². The van der Waals surface area contributed by atoms with Crippen LogP contribution in [0.1, 0.15) is 42.9 Å². The molecule has 0 atom stereocenters. The van der Waals surface area contributed by atoms with Crippen molar-refractivity contribution in [1.29, 1.82) is 0 Å². The topological polar surface area (TPSA) is 108 Å². The number of benzene rings is 2. The molecule has 8 nitrogen and oxygen atoms in total. The third kappa shape index (κ3) is 4.89. The minimum atomic E-state index is -0.166. The second kappa shape index (κ2) is 10.6. The number of rotatable bonds is 6. The second-order valence-electron chi connectivity index (χ2n) is 9.95. The molecule has 6 rings (SSSR count). The molecule has 1 fully saturated rings. The molecule has 0 saturated heterocycles. The van der Waals surface area contributed by atoms with Crippen LogP contribution in [0, 0.1) is 0 Å². The second-order valence-corrected chi connectivity index (χ2v) is 10.8. The van der Waals surface area contributed by atoms with E-state index in [-0.39, 0.29) is 30.9 Å². The van der Waals surface area contributed by atoms with E-state index in [0.717, 1.165) is 36.8 Å². The Morgan fingerprint density at radius 2 is 1.74 bits per heavy atom. The molecule has 1 aliphatic carbocycles. The minimum Gasteiger partial charge on any atom is -0.438 e. The number of aliphatic hydroxyl groups excluding tert-OH is 1. The summed E-state index contributed by atoms with van der Waals surface area (Å²) < 4.78 is 9.74. The van der Waals surface area contributed by atoms with E-state index in [9.17, 15) is 9.90 Å². The number of nitrogens with zero attached hydrogens (tertiary/aromatic N) is 4.